The Labute approximate surface area is 167 Å². The lowest BCUT2D eigenvalue weighted by Gasteiger charge is -2.41. The van der Waals surface area contributed by atoms with Crippen molar-refractivity contribution in [2.24, 2.45) is 0 Å². The van der Waals surface area contributed by atoms with Crippen molar-refractivity contribution >= 4 is 16.9 Å². The molecule has 1 unspecified atom stereocenters. The number of hydrogen-bond acceptors (Lipinski definition) is 2. The zero-order valence-corrected chi connectivity index (χ0v) is 18.8. The third-order valence-corrected chi connectivity index (χ3v) is 7.04. The standard InChI is InChI=1S/C23H36O3S/c1-14(2)18-13-19(15(3)4)22(27(25)26)20(16(5)6)21(18)23(17(7)24)11-9-8-10-12-23/h13-16H,8-12H2,1-7H3,(H,25,26). The van der Waals surface area contributed by atoms with Crippen molar-refractivity contribution < 1.29 is 13.6 Å². The molecule has 1 fully saturated rings. The molecule has 0 aromatic heterocycles. The monoisotopic (exact) mass is 392 g/mol. The number of Topliss-reactive ketones (excluding diaryl/α,β-unsaturated/α-hetero) is 1. The van der Waals surface area contributed by atoms with Gasteiger partial charge in [-0.25, -0.2) is 4.21 Å². The minimum atomic E-state index is -2.07. The molecule has 4 heteroatoms. The molecule has 0 bridgehead atoms. The Hall–Kier alpha value is -1.00. The molecule has 1 aliphatic carbocycles. The predicted molar refractivity (Wildman–Crippen MR) is 113 cm³/mol. The molecule has 1 atom stereocenters. The molecule has 1 N–H and O–H groups in total. The topological polar surface area (TPSA) is 54.4 Å². The predicted octanol–water partition coefficient (Wildman–Crippen LogP) is 6.43. The van der Waals surface area contributed by atoms with E-state index in [1.807, 2.05) is 0 Å². The van der Waals surface area contributed by atoms with Gasteiger partial charge in [-0.2, -0.15) is 0 Å². The van der Waals surface area contributed by atoms with Crippen LogP contribution in [0, 0.1) is 0 Å². The van der Waals surface area contributed by atoms with Gasteiger partial charge >= 0.3 is 0 Å². The highest BCUT2D eigenvalue weighted by atomic mass is 32.2. The van der Waals surface area contributed by atoms with Crippen LogP contribution in [0.5, 0.6) is 0 Å². The van der Waals surface area contributed by atoms with E-state index < -0.39 is 16.5 Å². The van der Waals surface area contributed by atoms with Crippen LogP contribution in [0.4, 0.5) is 0 Å². The van der Waals surface area contributed by atoms with Crippen molar-refractivity contribution in [3.63, 3.8) is 0 Å². The van der Waals surface area contributed by atoms with Gasteiger partial charge in [-0.1, -0.05) is 66.9 Å². The summed E-state index contributed by atoms with van der Waals surface area (Å²) in [5, 5.41) is 0. The highest BCUT2D eigenvalue weighted by Gasteiger charge is 2.43. The van der Waals surface area contributed by atoms with Crippen molar-refractivity contribution in [3.8, 4) is 0 Å². The fourth-order valence-electron chi connectivity index (χ4n) is 4.83. The first-order valence-electron chi connectivity index (χ1n) is 10.4. The van der Waals surface area contributed by atoms with Gasteiger partial charge in [0.05, 0.1) is 10.3 Å². The third-order valence-electron chi connectivity index (χ3n) is 6.23. The second kappa shape index (κ2) is 8.57. The summed E-state index contributed by atoms with van der Waals surface area (Å²) in [4.78, 5) is 13.6. The minimum absolute atomic E-state index is 0.0838. The number of ketones is 1. The summed E-state index contributed by atoms with van der Waals surface area (Å²) in [5.41, 5.74) is 3.64. The number of benzene rings is 1. The number of hydrogen-bond donors (Lipinski definition) is 1. The zero-order chi connectivity index (χ0) is 20.5. The summed E-state index contributed by atoms with van der Waals surface area (Å²) in [6.07, 6.45) is 4.93. The van der Waals surface area contributed by atoms with E-state index in [0.29, 0.717) is 4.90 Å². The Balaban J connectivity index is 3.03. The Bertz CT molecular complexity index is 726. The molecule has 0 amide bonds. The highest BCUT2D eigenvalue weighted by molar-refractivity contribution is 7.79. The molecular formula is C23H36O3S. The smallest absolute Gasteiger partial charge is 0.187 e. The maximum absolute atomic E-state index is 13.0. The van der Waals surface area contributed by atoms with Gasteiger partial charge in [0.1, 0.15) is 5.78 Å². The van der Waals surface area contributed by atoms with Crippen LogP contribution < -0.4 is 0 Å². The maximum Gasteiger partial charge on any atom is 0.187 e. The zero-order valence-electron chi connectivity index (χ0n) is 18.0. The van der Waals surface area contributed by atoms with Crippen LogP contribution >= 0.6 is 0 Å². The SMILES string of the molecule is CC(=O)C1(c2c(C(C)C)cc(C(C)C)c(S(=O)O)c2C(C)C)CCCCC1. The van der Waals surface area contributed by atoms with E-state index in [1.165, 1.54) is 5.56 Å². The van der Waals surface area contributed by atoms with Gasteiger partial charge in [-0.3, -0.25) is 4.79 Å². The molecule has 1 saturated carbocycles. The van der Waals surface area contributed by atoms with Gasteiger partial charge in [-0.05, 0) is 59.8 Å². The van der Waals surface area contributed by atoms with Crippen molar-refractivity contribution in [2.45, 2.75) is 109 Å². The van der Waals surface area contributed by atoms with Crippen molar-refractivity contribution in [1.82, 2.24) is 0 Å². The number of carbonyl (C=O) groups is 1. The Kier molecular flexibility index (Phi) is 7.07. The van der Waals surface area contributed by atoms with Gasteiger partial charge in [0.2, 0.25) is 0 Å². The first kappa shape index (κ1) is 22.3. The summed E-state index contributed by atoms with van der Waals surface area (Å²) < 4.78 is 22.7. The molecule has 2 rings (SSSR count). The summed E-state index contributed by atoms with van der Waals surface area (Å²) in [5.74, 6) is 0.701. The molecule has 3 nitrogen and oxygen atoms in total. The highest BCUT2D eigenvalue weighted by Crippen LogP contribution is 2.49. The lowest BCUT2D eigenvalue weighted by molar-refractivity contribution is -0.123. The lowest BCUT2D eigenvalue weighted by Crippen LogP contribution is -2.39. The van der Waals surface area contributed by atoms with Crippen LogP contribution in [0.2, 0.25) is 0 Å². The molecule has 27 heavy (non-hydrogen) atoms. The molecule has 0 heterocycles. The first-order valence-corrected chi connectivity index (χ1v) is 11.5. The molecular weight excluding hydrogens is 356 g/mol. The van der Waals surface area contributed by atoms with Crippen LogP contribution in [0.3, 0.4) is 0 Å². The average Bonchev–Trinajstić information content (AvgIpc) is 2.59. The van der Waals surface area contributed by atoms with E-state index in [-0.39, 0.29) is 23.5 Å². The van der Waals surface area contributed by atoms with Gasteiger partial charge < -0.3 is 4.55 Å². The van der Waals surface area contributed by atoms with Gasteiger partial charge in [-0.15, -0.1) is 0 Å². The van der Waals surface area contributed by atoms with Crippen molar-refractivity contribution in [3.05, 3.63) is 28.3 Å². The van der Waals surface area contributed by atoms with Crippen LogP contribution in [0.15, 0.2) is 11.0 Å². The lowest BCUT2D eigenvalue weighted by atomic mass is 9.62. The van der Waals surface area contributed by atoms with E-state index in [2.05, 4.69) is 47.6 Å². The first-order chi connectivity index (χ1) is 12.5. The van der Waals surface area contributed by atoms with Gasteiger partial charge in [0.25, 0.3) is 0 Å². The van der Waals surface area contributed by atoms with E-state index in [9.17, 15) is 13.6 Å². The molecule has 0 saturated heterocycles. The molecule has 0 radical (unpaired) electrons. The fourth-order valence-corrected chi connectivity index (χ4v) is 5.85. The van der Waals surface area contributed by atoms with Crippen LogP contribution in [0.1, 0.15) is 121 Å². The average molecular weight is 393 g/mol. The number of carbonyl (C=O) groups excluding carboxylic acids is 1. The van der Waals surface area contributed by atoms with E-state index >= 15 is 0 Å². The Morgan fingerprint density at radius 2 is 1.48 bits per heavy atom. The van der Waals surface area contributed by atoms with Crippen LogP contribution in [0.25, 0.3) is 0 Å². The summed E-state index contributed by atoms with van der Waals surface area (Å²) in [6, 6.07) is 2.12. The van der Waals surface area contributed by atoms with Gasteiger partial charge in [0.15, 0.2) is 11.1 Å². The summed E-state index contributed by atoms with van der Waals surface area (Å²) in [6.45, 7) is 14.4. The molecule has 1 aromatic carbocycles. The second-order valence-electron chi connectivity index (χ2n) is 9.09. The molecule has 0 aliphatic heterocycles. The molecule has 1 aromatic rings. The van der Waals surface area contributed by atoms with Crippen LogP contribution in [-0.2, 0) is 21.3 Å². The van der Waals surface area contributed by atoms with Gasteiger partial charge in [0, 0.05) is 0 Å². The van der Waals surface area contributed by atoms with Crippen molar-refractivity contribution in [1.29, 1.82) is 0 Å². The molecule has 1 aliphatic rings. The second-order valence-corrected chi connectivity index (χ2v) is 9.99. The Morgan fingerprint density at radius 1 is 0.963 bits per heavy atom. The molecule has 0 spiro atoms. The maximum atomic E-state index is 13.0. The number of rotatable bonds is 6. The Morgan fingerprint density at radius 3 is 1.85 bits per heavy atom. The summed E-state index contributed by atoms with van der Waals surface area (Å²) >= 11 is -2.07. The van der Waals surface area contributed by atoms with Crippen LogP contribution in [-0.4, -0.2) is 14.5 Å². The summed E-state index contributed by atoms with van der Waals surface area (Å²) in [7, 11) is 0. The molecule has 152 valence electrons. The van der Waals surface area contributed by atoms with E-state index in [0.717, 1.165) is 48.8 Å². The van der Waals surface area contributed by atoms with Crippen molar-refractivity contribution in [2.75, 3.05) is 0 Å². The van der Waals surface area contributed by atoms with E-state index in [4.69, 9.17) is 0 Å². The van der Waals surface area contributed by atoms with E-state index in [1.54, 1.807) is 6.92 Å². The minimum Gasteiger partial charge on any atom is -0.302 e. The quantitative estimate of drug-likeness (QED) is 0.568. The largest absolute Gasteiger partial charge is 0.302 e. The fraction of sp³-hybridized carbons (Fsp3) is 0.696. The normalized spacial score (nSPS) is 18.3. The third kappa shape index (κ3) is 4.07.